The van der Waals surface area contributed by atoms with Crippen molar-refractivity contribution in [1.82, 2.24) is 10.2 Å². The summed E-state index contributed by atoms with van der Waals surface area (Å²) in [6.07, 6.45) is -0.735. The van der Waals surface area contributed by atoms with Gasteiger partial charge < -0.3 is 14.8 Å². The van der Waals surface area contributed by atoms with Crippen molar-refractivity contribution in [2.45, 2.75) is 51.3 Å². The number of carbonyl (C=O) groups is 4. The van der Waals surface area contributed by atoms with Gasteiger partial charge in [0.05, 0.1) is 4.92 Å². The van der Waals surface area contributed by atoms with Gasteiger partial charge in [-0.2, -0.15) is 0 Å². The average Bonchev–Trinajstić information content (AvgIpc) is 3.00. The van der Waals surface area contributed by atoms with E-state index >= 15 is 0 Å². The highest BCUT2D eigenvalue weighted by Crippen LogP contribution is 2.40. The van der Waals surface area contributed by atoms with Gasteiger partial charge in [-0.15, -0.1) is 11.8 Å². The SMILES string of the molecule is CC1=C(C(=O)OCc2ccc([N+](=O)[O-])cc2)N2C(=O)C(NC(=O)CN(C(=O)OC(C)(C)C)c3ccc4cc(Cl)ccc4c3)[C@@H]2SC1. The number of hydrogen-bond acceptors (Lipinski definition) is 9. The van der Waals surface area contributed by atoms with Crippen LogP contribution in [0.2, 0.25) is 5.02 Å². The Kier molecular flexibility index (Phi) is 9.27. The predicted molar refractivity (Wildman–Crippen MR) is 173 cm³/mol. The fourth-order valence-electron chi connectivity index (χ4n) is 5.01. The number of fused-ring (bicyclic) bond motifs is 2. The standard InChI is InChI=1S/C32H31ClN4O8S/c1-18-17-46-29-26(28(39)36(29)27(18)30(40)44-16-19-5-10-23(11-6-19)37(42)43)34-25(38)15-35(31(41)45-32(2,3)4)24-12-8-20-13-22(33)9-7-21(20)14-24/h5-14,26,29H,15-17H2,1-4H3,(H,34,38)/t26?,29-/m0/s1. The van der Waals surface area contributed by atoms with Crippen LogP contribution in [0.5, 0.6) is 0 Å². The Morgan fingerprint density at radius 1 is 1.09 bits per heavy atom. The Bertz CT molecular complexity index is 1770. The smallest absolute Gasteiger partial charge is 0.415 e. The Morgan fingerprint density at radius 3 is 2.43 bits per heavy atom. The van der Waals surface area contributed by atoms with Gasteiger partial charge in [-0.1, -0.05) is 23.7 Å². The normalized spacial score (nSPS) is 17.6. The minimum atomic E-state index is -0.928. The molecule has 0 spiro atoms. The van der Waals surface area contributed by atoms with Gasteiger partial charge in [-0.3, -0.25) is 29.5 Å². The van der Waals surface area contributed by atoms with E-state index < -0.39 is 52.4 Å². The summed E-state index contributed by atoms with van der Waals surface area (Å²) in [5, 5.41) is 15.3. The lowest BCUT2D eigenvalue weighted by Crippen LogP contribution is -2.71. The maximum atomic E-state index is 13.3. The summed E-state index contributed by atoms with van der Waals surface area (Å²) in [5.74, 6) is -1.37. The van der Waals surface area contributed by atoms with Crippen LogP contribution in [-0.4, -0.2) is 63.0 Å². The quantitative estimate of drug-likeness (QED) is 0.141. The number of nitrogens with zero attached hydrogens (tertiary/aromatic N) is 3. The third-order valence-corrected chi connectivity index (χ3v) is 8.86. The molecule has 240 valence electrons. The lowest BCUT2D eigenvalue weighted by molar-refractivity contribution is -0.384. The van der Waals surface area contributed by atoms with Crippen molar-refractivity contribution >= 4 is 69.4 Å². The number of β-lactam (4-membered cyclic amide) rings is 1. The zero-order chi connectivity index (χ0) is 33.3. The molecule has 1 saturated heterocycles. The van der Waals surface area contributed by atoms with E-state index in [9.17, 15) is 29.3 Å². The maximum absolute atomic E-state index is 13.3. The fourth-order valence-corrected chi connectivity index (χ4v) is 6.48. The number of carbonyl (C=O) groups excluding carboxylic acids is 4. The van der Waals surface area contributed by atoms with Crippen molar-refractivity contribution in [2.75, 3.05) is 17.2 Å². The van der Waals surface area contributed by atoms with Crippen molar-refractivity contribution in [3.8, 4) is 0 Å². The molecule has 3 amide bonds. The number of nitro groups is 1. The largest absolute Gasteiger partial charge is 0.456 e. The van der Waals surface area contributed by atoms with Crippen LogP contribution in [0.4, 0.5) is 16.2 Å². The molecule has 0 bridgehead atoms. The zero-order valence-corrected chi connectivity index (χ0v) is 27.0. The van der Waals surface area contributed by atoms with E-state index in [-0.39, 0.29) is 18.0 Å². The number of esters is 1. The Labute approximate surface area is 273 Å². The number of ether oxygens (including phenoxy) is 2. The van der Waals surface area contributed by atoms with Gasteiger partial charge in [0.15, 0.2) is 0 Å². The molecule has 2 atom stereocenters. The van der Waals surface area contributed by atoms with Crippen LogP contribution in [0.15, 0.2) is 71.9 Å². The molecule has 2 aliphatic heterocycles. The second-order valence-electron chi connectivity index (χ2n) is 11.8. The van der Waals surface area contributed by atoms with Crippen molar-refractivity contribution in [2.24, 2.45) is 0 Å². The van der Waals surface area contributed by atoms with E-state index in [2.05, 4.69) is 5.32 Å². The number of nitrogens with one attached hydrogen (secondary N) is 1. The summed E-state index contributed by atoms with van der Waals surface area (Å²) in [7, 11) is 0. The van der Waals surface area contributed by atoms with E-state index in [0.29, 0.717) is 27.6 Å². The van der Waals surface area contributed by atoms with E-state index in [1.54, 1.807) is 64.1 Å². The van der Waals surface area contributed by atoms with Crippen LogP contribution in [0, 0.1) is 10.1 Å². The molecule has 0 aliphatic carbocycles. The third-order valence-electron chi connectivity index (χ3n) is 7.20. The molecule has 0 saturated carbocycles. The summed E-state index contributed by atoms with van der Waals surface area (Å²) in [4.78, 5) is 65.8. The minimum Gasteiger partial charge on any atom is -0.456 e. The zero-order valence-electron chi connectivity index (χ0n) is 25.4. The lowest BCUT2D eigenvalue weighted by atomic mass is 10.0. The number of nitro benzene ring substituents is 1. The highest BCUT2D eigenvalue weighted by atomic mass is 35.5. The molecule has 0 aromatic heterocycles. The summed E-state index contributed by atoms with van der Waals surface area (Å²) >= 11 is 7.50. The number of benzene rings is 3. The van der Waals surface area contributed by atoms with Gasteiger partial charge in [0.2, 0.25) is 5.91 Å². The monoisotopic (exact) mass is 666 g/mol. The van der Waals surface area contributed by atoms with Gasteiger partial charge in [0.25, 0.3) is 11.6 Å². The molecule has 14 heteroatoms. The van der Waals surface area contributed by atoms with Crippen LogP contribution in [0.3, 0.4) is 0 Å². The number of non-ortho nitro benzene ring substituents is 1. The molecule has 1 unspecified atom stereocenters. The number of halogens is 1. The van der Waals surface area contributed by atoms with E-state index in [4.69, 9.17) is 21.1 Å². The molecule has 2 heterocycles. The van der Waals surface area contributed by atoms with Crippen molar-refractivity contribution in [3.05, 3.63) is 92.6 Å². The molecule has 12 nitrogen and oxygen atoms in total. The van der Waals surface area contributed by atoms with Gasteiger partial charge in [0.1, 0.15) is 35.9 Å². The second-order valence-corrected chi connectivity index (χ2v) is 13.4. The molecule has 5 rings (SSSR count). The average molecular weight is 667 g/mol. The summed E-state index contributed by atoms with van der Waals surface area (Å²) < 4.78 is 11.0. The number of anilines is 1. The first-order valence-corrected chi connectivity index (χ1v) is 15.7. The Hall–Kier alpha value is -4.62. The van der Waals surface area contributed by atoms with E-state index in [1.165, 1.54) is 45.8 Å². The third kappa shape index (κ3) is 7.10. The van der Waals surface area contributed by atoms with E-state index in [0.717, 1.165) is 10.8 Å². The highest BCUT2D eigenvalue weighted by Gasteiger charge is 2.54. The lowest BCUT2D eigenvalue weighted by Gasteiger charge is -2.49. The summed E-state index contributed by atoms with van der Waals surface area (Å²) in [6, 6.07) is 15.2. The molecule has 46 heavy (non-hydrogen) atoms. The Morgan fingerprint density at radius 2 is 1.76 bits per heavy atom. The maximum Gasteiger partial charge on any atom is 0.415 e. The van der Waals surface area contributed by atoms with Crippen LogP contribution in [0.1, 0.15) is 33.3 Å². The second kappa shape index (κ2) is 13.0. The van der Waals surface area contributed by atoms with Gasteiger partial charge >= 0.3 is 12.1 Å². The Balaban J connectivity index is 1.27. The van der Waals surface area contributed by atoms with Gasteiger partial charge in [-0.05, 0) is 86.0 Å². The molecule has 2 aliphatic rings. The van der Waals surface area contributed by atoms with Crippen molar-refractivity contribution in [3.63, 3.8) is 0 Å². The first-order chi connectivity index (χ1) is 21.7. The highest BCUT2D eigenvalue weighted by molar-refractivity contribution is 8.00. The first-order valence-electron chi connectivity index (χ1n) is 14.3. The number of thioether (sulfide) groups is 1. The van der Waals surface area contributed by atoms with Crippen LogP contribution < -0.4 is 10.2 Å². The molecule has 3 aromatic carbocycles. The van der Waals surface area contributed by atoms with Crippen molar-refractivity contribution < 1.29 is 33.6 Å². The molecular weight excluding hydrogens is 636 g/mol. The van der Waals surface area contributed by atoms with Gasteiger partial charge in [-0.25, -0.2) is 9.59 Å². The topological polar surface area (TPSA) is 148 Å². The van der Waals surface area contributed by atoms with Crippen LogP contribution >= 0.6 is 23.4 Å². The summed E-state index contributed by atoms with van der Waals surface area (Å²) in [6.45, 7) is 6.32. The summed E-state index contributed by atoms with van der Waals surface area (Å²) in [5.41, 5.74) is 0.798. The molecule has 1 N–H and O–H groups in total. The number of hydrogen-bond donors (Lipinski definition) is 1. The molecule has 0 radical (unpaired) electrons. The first kappa shape index (κ1) is 32.8. The van der Waals surface area contributed by atoms with Crippen LogP contribution in [-0.2, 0) is 30.5 Å². The molecule has 3 aromatic rings. The molecule has 1 fully saturated rings. The van der Waals surface area contributed by atoms with Gasteiger partial charge in [0, 0.05) is 28.6 Å². The van der Waals surface area contributed by atoms with E-state index in [1.807, 2.05) is 0 Å². The number of amides is 3. The van der Waals surface area contributed by atoms with Crippen molar-refractivity contribution in [1.29, 1.82) is 0 Å². The minimum absolute atomic E-state index is 0.0862. The van der Waals surface area contributed by atoms with Crippen LogP contribution in [0.25, 0.3) is 10.8 Å². The number of rotatable bonds is 8. The molecular formula is C32H31ClN4O8S. The predicted octanol–water partition coefficient (Wildman–Crippen LogP) is 5.56. The fraction of sp³-hybridized carbons (Fsp3) is 0.312.